The molecule has 3 heteroatoms. The summed E-state index contributed by atoms with van der Waals surface area (Å²) in [6.45, 7) is 3.77. The summed E-state index contributed by atoms with van der Waals surface area (Å²) in [5, 5.41) is 3.35. The summed E-state index contributed by atoms with van der Waals surface area (Å²) < 4.78 is 6.03. The molecule has 0 aromatic heterocycles. The Morgan fingerprint density at radius 3 is 2.52 bits per heavy atom. The van der Waals surface area contributed by atoms with Gasteiger partial charge in [0.05, 0.1) is 6.42 Å². The van der Waals surface area contributed by atoms with Crippen LogP contribution in [0.5, 0.6) is 0 Å². The smallest absolute Gasteiger partial charge is 0.311 e. The highest BCUT2D eigenvalue weighted by atomic mass is 16.6. The van der Waals surface area contributed by atoms with Crippen LogP contribution in [0, 0.1) is 6.92 Å². The molecule has 0 amide bonds. The van der Waals surface area contributed by atoms with Gasteiger partial charge in [-0.15, -0.1) is 0 Å². The summed E-state index contributed by atoms with van der Waals surface area (Å²) >= 11 is 0. The van der Waals surface area contributed by atoms with Gasteiger partial charge in [-0.1, -0.05) is 60.2 Å². The van der Waals surface area contributed by atoms with Gasteiger partial charge < -0.3 is 10.1 Å². The van der Waals surface area contributed by atoms with E-state index in [9.17, 15) is 4.79 Å². The van der Waals surface area contributed by atoms with Crippen molar-refractivity contribution in [3.8, 4) is 0 Å². The Kier molecular flexibility index (Phi) is 4.77. The lowest BCUT2D eigenvalue weighted by molar-refractivity contribution is -0.163. The Labute approximate surface area is 137 Å². The van der Waals surface area contributed by atoms with Crippen LogP contribution in [-0.4, -0.2) is 19.1 Å². The molecule has 2 aromatic carbocycles. The monoisotopic (exact) mass is 309 g/mol. The number of esters is 1. The number of carbonyl (C=O) groups excluding carboxylic acids is 1. The Morgan fingerprint density at radius 2 is 1.83 bits per heavy atom. The van der Waals surface area contributed by atoms with E-state index in [2.05, 4.69) is 17.4 Å². The Bertz CT molecular complexity index is 660. The minimum absolute atomic E-state index is 0.152. The molecule has 0 unspecified atom stereocenters. The third-order valence-electron chi connectivity index (χ3n) is 4.45. The van der Waals surface area contributed by atoms with E-state index in [0.29, 0.717) is 6.42 Å². The molecular weight excluding hydrogens is 286 g/mol. The van der Waals surface area contributed by atoms with Gasteiger partial charge in [-0.05, 0) is 31.1 Å². The highest BCUT2D eigenvalue weighted by Crippen LogP contribution is 2.35. The molecule has 1 aliphatic rings. The van der Waals surface area contributed by atoms with E-state index in [-0.39, 0.29) is 5.97 Å². The van der Waals surface area contributed by atoms with Crippen molar-refractivity contribution in [3.05, 3.63) is 71.3 Å². The predicted octanol–water partition coefficient (Wildman–Crippen LogP) is 3.36. The van der Waals surface area contributed by atoms with Crippen LogP contribution < -0.4 is 5.32 Å². The van der Waals surface area contributed by atoms with Crippen molar-refractivity contribution in [3.63, 3.8) is 0 Å². The topological polar surface area (TPSA) is 38.3 Å². The largest absolute Gasteiger partial charge is 0.454 e. The van der Waals surface area contributed by atoms with Crippen LogP contribution in [0.25, 0.3) is 0 Å². The Morgan fingerprint density at radius 1 is 1.09 bits per heavy atom. The van der Waals surface area contributed by atoms with Crippen molar-refractivity contribution >= 4 is 5.97 Å². The maximum atomic E-state index is 12.5. The molecular formula is C20H23NO2. The van der Waals surface area contributed by atoms with Crippen molar-refractivity contribution in [1.29, 1.82) is 0 Å². The number of hydrogen-bond acceptors (Lipinski definition) is 3. The third-order valence-corrected chi connectivity index (χ3v) is 4.45. The predicted molar refractivity (Wildman–Crippen MR) is 91.2 cm³/mol. The van der Waals surface area contributed by atoms with Gasteiger partial charge in [0, 0.05) is 12.8 Å². The quantitative estimate of drug-likeness (QED) is 0.880. The second kappa shape index (κ2) is 6.97. The van der Waals surface area contributed by atoms with E-state index in [1.807, 2.05) is 49.4 Å². The van der Waals surface area contributed by atoms with Gasteiger partial charge >= 0.3 is 5.97 Å². The normalized spacial score (nSPS) is 16.7. The summed E-state index contributed by atoms with van der Waals surface area (Å²) in [6.07, 6.45) is 1.96. The number of piperidine rings is 1. The fourth-order valence-corrected chi connectivity index (χ4v) is 3.26. The molecule has 1 heterocycles. The fraction of sp³-hybridized carbons (Fsp3) is 0.350. The second-order valence-electron chi connectivity index (χ2n) is 6.25. The highest BCUT2D eigenvalue weighted by Gasteiger charge is 2.37. The fourth-order valence-electron chi connectivity index (χ4n) is 3.26. The Balaban J connectivity index is 1.77. The van der Waals surface area contributed by atoms with Gasteiger partial charge in [-0.25, -0.2) is 0 Å². The first-order chi connectivity index (χ1) is 11.2. The van der Waals surface area contributed by atoms with Gasteiger partial charge in [0.15, 0.2) is 0 Å². The molecule has 1 fully saturated rings. The third kappa shape index (κ3) is 3.80. The summed E-state index contributed by atoms with van der Waals surface area (Å²) in [4.78, 5) is 12.5. The summed E-state index contributed by atoms with van der Waals surface area (Å²) in [5.41, 5.74) is 2.77. The molecule has 1 N–H and O–H groups in total. The van der Waals surface area contributed by atoms with Crippen molar-refractivity contribution in [2.75, 3.05) is 13.1 Å². The standard InChI is InChI=1S/C20H23NO2/c1-16-6-5-7-17(14-16)15-19(22)23-20(10-12-21-13-11-20)18-8-3-2-4-9-18/h2-9,14,21H,10-13,15H2,1H3. The lowest BCUT2D eigenvalue weighted by Crippen LogP contribution is -2.43. The summed E-state index contributed by atoms with van der Waals surface area (Å²) in [7, 11) is 0. The highest BCUT2D eigenvalue weighted by molar-refractivity contribution is 5.73. The van der Waals surface area contributed by atoms with Crippen molar-refractivity contribution in [2.45, 2.75) is 31.8 Å². The van der Waals surface area contributed by atoms with Crippen LogP contribution in [0.3, 0.4) is 0 Å². The number of carbonyl (C=O) groups is 1. The first kappa shape index (κ1) is 15.8. The van der Waals surface area contributed by atoms with Gasteiger partial charge in [0.25, 0.3) is 0 Å². The van der Waals surface area contributed by atoms with Crippen molar-refractivity contribution < 1.29 is 9.53 Å². The number of aryl methyl sites for hydroxylation is 1. The van der Waals surface area contributed by atoms with Crippen LogP contribution in [-0.2, 0) is 21.6 Å². The zero-order valence-corrected chi connectivity index (χ0v) is 13.5. The van der Waals surface area contributed by atoms with E-state index in [4.69, 9.17) is 4.74 Å². The zero-order chi connectivity index (χ0) is 16.1. The maximum Gasteiger partial charge on any atom is 0.311 e. The van der Waals surface area contributed by atoms with Gasteiger partial charge in [0.1, 0.15) is 5.60 Å². The van der Waals surface area contributed by atoms with Crippen molar-refractivity contribution in [2.24, 2.45) is 0 Å². The van der Waals surface area contributed by atoms with Crippen LogP contribution >= 0.6 is 0 Å². The van der Waals surface area contributed by atoms with E-state index in [1.54, 1.807) is 0 Å². The molecule has 2 aromatic rings. The number of nitrogens with one attached hydrogen (secondary N) is 1. The number of ether oxygens (including phenoxy) is 1. The molecule has 0 atom stereocenters. The average Bonchev–Trinajstić information content (AvgIpc) is 2.56. The number of rotatable bonds is 4. The Hall–Kier alpha value is -2.13. The SMILES string of the molecule is Cc1cccc(CC(=O)OC2(c3ccccc3)CCNCC2)c1. The lowest BCUT2D eigenvalue weighted by Gasteiger charge is -2.37. The molecule has 0 saturated carbocycles. The minimum atomic E-state index is -0.493. The van der Waals surface area contributed by atoms with E-state index < -0.39 is 5.60 Å². The van der Waals surface area contributed by atoms with Crippen LogP contribution in [0.15, 0.2) is 54.6 Å². The number of benzene rings is 2. The van der Waals surface area contributed by atoms with E-state index in [1.165, 1.54) is 0 Å². The van der Waals surface area contributed by atoms with E-state index in [0.717, 1.165) is 42.6 Å². The molecule has 23 heavy (non-hydrogen) atoms. The van der Waals surface area contributed by atoms with Crippen LogP contribution in [0.1, 0.15) is 29.5 Å². The zero-order valence-electron chi connectivity index (χ0n) is 13.5. The summed E-state index contributed by atoms with van der Waals surface area (Å²) in [6, 6.07) is 18.2. The van der Waals surface area contributed by atoms with Gasteiger partial charge in [-0.2, -0.15) is 0 Å². The molecule has 1 saturated heterocycles. The lowest BCUT2D eigenvalue weighted by atomic mass is 9.84. The van der Waals surface area contributed by atoms with Crippen LogP contribution in [0.2, 0.25) is 0 Å². The molecule has 1 aliphatic heterocycles. The van der Waals surface area contributed by atoms with Crippen molar-refractivity contribution in [1.82, 2.24) is 5.32 Å². The first-order valence-corrected chi connectivity index (χ1v) is 8.22. The molecule has 0 radical (unpaired) electrons. The average molecular weight is 309 g/mol. The molecule has 0 bridgehead atoms. The molecule has 120 valence electrons. The molecule has 0 aliphatic carbocycles. The first-order valence-electron chi connectivity index (χ1n) is 8.22. The minimum Gasteiger partial charge on any atom is -0.454 e. The van der Waals surface area contributed by atoms with Gasteiger partial charge in [-0.3, -0.25) is 4.79 Å². The number of hydrogen-bond donors (Lipinski definition) is 1. The van der Waals surface area contributed by atoms with E-state index >= 15 is 0 Å². The molecule has 0 spiro atoms. The summed E-state index contributed by atoms with van der Waals surface area (Å²) in [5.74, 6) is -0.152. The molecule has 3 rings (SSSR count). The van der Waals surface area contributed by atoms with Gasteiger partial charge in [0.2, 0.25) is 0 Å². The van der Waals surface area contributed by atoms with Crippen LogP contribution in [0.4, 0.5) is 0 Å². The molecule has 3 nitrogen and oxygen atoms in total. The maximum absolute atomic E-state index is 12.5. The second-order valence-corrected chi connectivity index (χ2v) is 6.25.